The van der Waals surface area contributed by atoms with E-state index < -0.39 is 8.07 Å². The molecule has 0 aromatic heterocycles. The Bertz CT molecular complexity index is 655. The molecule has 156 valence electrons. The minimum absolute atomic E-state index is 0.292. The minimum Gasteiger partial charge on any atom is -0.369 e. The summed E-state index contributed by atoms with van der Waals surface area (Å²) in [5, 5.41) is 0.317. The van der Waals surface area contributed by atoms with Crippen molar-refractivity contribution in [2.45, 2.75) is 76.5 Å². The Hall–Kier alpha value is -1.08. The number of hydrogen-bond donors (Lipinski definition) is 0. The number of nitrogens with zero attached hydrogens (tertiary/aromatic N) is 1. The first-order valence-electron chi connectivity index (χ1n) is 10.8. The first-order chi connectivity index (χ1) is 13.1. The minimum atomic E-state index is -1.51. The van der Waals surface area contributed by atoms with Crippen LogP contribution < -0.4 is 0 Å². The highest BCUT2D eigenvalue weighted by Crippen LogP contribution is 2.38. The summed E-state index contributed by atoms with van der Waals surface area (Å²) < 4.78 is 5.96. The Morgan fingerprint density at radius 1 is 1.11 bits per heavy atom. The number of benzene rings is 1. The van der Waals surface area contributed by atoms with Crippen molar-refractivity contribution in [3.8, 4) is 11.5 Å². The smallest absolute Gasteiger partial charge is 0.137 e. The summed E-state index contributed by atoms with van der Waals surface area (Å²) >= 11 is 0. The summed E-state index contributed by atoms with van der Waals surface area (Å²) in [7, 11) is 2.98. The largest absolute Gasteiger partial charge is 0.369 e. The Labute approximate surface area is 175 Å². The van der Waals surface area contributed by atoms with E-state index in [1.165, 1.54) is 31.2 Å². The molecule has 1 fully saturated rings. The van der Waals surface area contributed by atoms with Gasteiger partial charge >= 0.3 is 0 Å². The van der Waals surface area contributed by atoms with E-state index in [-0.39, 0.29) is 0 Å². The van der Waals surface area contributed by atoms with Crippen molar-refractivity contribution in [2.24, 2.45) is 5.92 Å². The Morgan fingerprint density at radius 2 is 1.71 bits per heavy atom. The van der Waals surface area contributed by atoms with Gasteiger partial charge in [-0.3, -0.25) is 0 Å². The predicted molar refractivity (Wildman–Crippen MR) is 124 cm³/mol. The zero-order valence-electron chi connectivity index (χ0n) is 19.3. The first-order valence-corrected chi connectivity index (χ1v) is 13.8. The van der Waals surface area contributed by atoms with Gasteiger partial charge in [0.05, 0.1) is 6.61 Å². The fourth-order valence-corrected chi connectivity index (χ4v) is 4.75. The monoisotopic (exact) mass is 399 g/mol. The molecule has 1 saturated carbocycles. The lowest BCUT2D eigenvalue weighted by atomic mass is 9.73. The lowest BCUT2D eigenvalue weighted by Crippen LogP contribution is -2.49. The van der Waals surface area contributed by atoms with Crippen LogP contribution in [0, 0.1) is 17.4 Å². The maximum absolute atomic E-state index is 5.96. The van der Waals surface area contributed by atoms with Gasteiger partial charge in [-0.05, 0) is 62.7 Å². The van der Waals surface area contributed by atoms with Crippen LogP contribution in [-0.4, -0.2) is 45.8 Å². The van der Waals surface area contributed by atoms with E-state index in [9.17, 15) is 0 Å². The van der Waals surface area contributed by atoms with E-state index >= 15 is 0 Å². The van der Waals surface area contributed by atoms with E-state index in [4.69, 9.17) is 4.74 Å². The van der Waals surface area contributed by atoms with Gasteiger partial charge in [-0.2, -0.15) is 0 Å². The second kappa shape index (κ2) is 9.61. The van der Waals surface area contributed by atoms with Crippen LogP contribution in [-0.2, 0) is 11.2 Å². The third-order valence-electron chi connectivity index (χ3n) is 7.16. The molecule has 0 unspecified atom stereocenters. The Kier molecular flexibility index (Phi) is 7.96. The van der Waals surface area contributed by atoms with Crippen LogP contribution in [0.15, 0.2) is 30.3 Å². The van der Waals surface area contributed by atoms with Crippen molar-refractivity contribution >= 4 is 8.07 Å². The lowest BCUT2D eigenvalue weighted by molar-refractivity contribution is 0.0444. The van der Waals surface area contributed by atoms with Crippen molar-refractivity contribution < 1.29 is 4.74 Å². The average Bonchev–Trinajstić information content (AvgIpc) is 2.62. The Morgan fingerprint density at radius 3 is 2.25 bits per heavy atom. The lowest BCUT2D eigenvalue weighted by Gasteiger charge is -2.45. The third-order valence-corrected chi connectivity index (χ3v) is 11.7. The van der Waals surface area contributed by atoms with E-state index in [2.05, 4.69) is 94.7 Å². The van der Waals surface area contributed by atoms with Gasteiger partial charge in [0.15, 0.2) is 0 Å². The van der Waals surface area contributed by atoms with Crippen LogP contribution in [0.3, 0.4) is 0 Å². The van der Waals surface area contributed by atoms with Crippen LogP contribution in [0.5, 0.6) is 0 Å². The molecule has 0 aliphatic heterocycles. The SMILES string of the molecule is CN(C)C1(Cc2ccccc2)CCC(COCC#C[Si](C)(C)C(C)(C)C)CC1. The maximum Gasteiger partial charge on any atom is 0.137 e. The molecule has 0 bridgehead atoms. The van der Waals surface area contributed by atoms with Gasteiger partial charge in [-0.15, -0.1) is 5.54 Å². The van der Waals surface area contributed by atoms with Gasteiger partial charge < -0.3 is 9.64 Å². The van der Waals surface area contributed by atoms with Crippen LogP contribution >= 0.6 is 0 Å². The molecule has 3 heteroatoms. The number of ether oxygens (including phenoxy) is 1. The van der Waals surface area contributed by atoms with Crippen molar-refractivity contribution in [3.63, 3.8) is 0 Å². The summed E-state index contributed by atoms with van der Waals surface area (Å²) in [5.41, 5.74) is 5.29. The van der Waals surface area contributed by atoms with Crippen LogP contribution in [0.4, 0.5) is 0 Å². The topological polar surface area (TPSA) is 12.5 Å². The van der Waals surface area contributed by atoms with Crippen molar-refractivity contribution in [3.05, 3.63) is 35.9 Å². The maximum atomic E-state index is 5.96. The van der Waals surface area contributed by atoms with Gasteiger partial charge in [0.1, 0.15) is 14.7 Å². The highest BCUT2D eigenvalue weighted by atomic mass is 28.3. The van der Waals surface area contributed by atoms with Crippen molar-refractivity contribution in [1.29, 1.82) is 0 Å². The van der Waals surface area contributed by atoms with Crippen LogP contribution in [0.25, 0.3) is 0 Å². The van der Waals surface area contributed by atoms with E-state index in [1.807, 2.05) is 0 Å². The molecule has 1 aromatic carbocycles. The molecule has 1 aromatic rings. The van der Waals surface area contributed by atoms with E-state index in [1.54, 1.807) is 0 Å². The fraction of sp³-hybridized carbons (Fsp3) is 0.680. The Balaban J connectivity index is 1.81. The summed E-state index contributed by atoms with van der Waals surface area (Å²) in [4.78, 5) is 2.46. The van der Waals surface area contributed by atoms with Crippen LogP contribution in [0.1, 0.15) is 52.0 Å². The molecule has 2 rings (SSSR count). The number of likely N-dealkylation sites (N-methyl/N-ethyl adjacent to an activating group) is 1. The predicted octanol–water partition coefficient (Wildman–Crippen LogP) is 5.79. The standard InChI is InChI=1S/C25H41NOSi/c1-24(2,3)28(6,7)19-11-18-27-21-23-14-16-25(17-15-23,26(4)5)20-22-12-9-8-10-13-22/h8-10,12-13,23H,14-18,20-21H2,1-7H3. The highest BCUT2D eigenvalue weighted by molar-refractivity contribution is 6.87. The fourth-order valence-electron chi connectivity index (χ4n) is 3.86. The van der Waals surface area contributed by atoms with Gasteiger partial charge in [-0.1, -0.05) is 70.1 Å². The second-order valence-corrected chi connectivity index (χ2v) is 15.4. The molecular weight excluding hydrogens is 358 g/mol. The normalized spacial score (nSPS) is 23.4. The zero-order valence-corrected chi connectivity index (χ0v) is 20.3. The first kappa shape index (κ1) is 23.2. The van der Waals surface area contributed by atoms with Gasteiger partial charge in [0.25, 0.3) is 0 Å². The average molecular weight is 400 g/mol. The molecular formula is C25H41NOSi. The third kappa shape index (κ3) is 6.21. The van der Waals surface area contributed by atoms with Gasteiger partial charge in [0, 0.05) is 5.54 Å². The molecule has 0 N–H and O–H groups in total. The quantitative estimate of drug-likeness (QED) is 0.341. The molecule has 0 heterocycles. The molecule has 0 saturated heterocycles. The van der Waals surface area contributed by atoms with Crippen molar-refractivity contribution in [2.75, 3.05) is 27.3 Å². The molecule has 1 aliphatic rings. The molecule has 0 amide bonds. The van der Waals surface area contributed by atoms with E-state index in [0.717, 1.165) is 13.0 Å². The van der Waals surface area contributed by atoms with Crippen LogP contribution in [0.2, 0.25) is 18.1 Å². The molecule has 0 spiro atoms. The number of rotatable bonds is 6. The number of hydrogen-bond acceptors (Lipinski definition) is 2. The summed E-state index contributed by atoms with van der Waals surface area (Å²) in [5.74, 6) is 4.00. The van der Waals surface area contributed by atoms with Gasteiger partial charge in [0.2, 0.25) is 0 Å². The van der Waals surface area contributed by atoms with E-state index in [0.29, 0.717) is 23.1 Å². The van der Waals surface area contributed by atoms with Gasteiger partial charge in [-0.25, -0.2) is 0 Å². The molecule has 1 aliphatic carbocycles. The summed E-state index contributed by atoms with van der Waals surface area (Å²) in [6.07, 6.45) is 6.14. The van der Waals surface area contributed by atoms with Crippen molar-refractivity contribution in [1.82, 2.24) is 4.90 Å². The molecule has 28 heavy (non-hydrogen) atoms. The second-order valence-electron chi connectivity index (χ2n) is 10.4. The molecule has 0 radical (unpaired) electrons. The molecule has 0 atom stereocenters. The zero-order chi connectivity index (χ0) is 20.8. The summed E-state index contributed by atoms with van der Waals surface area (Å²) in [6, 6.07) is 10.9. The molecule has 2 nitrogen and oxygen atoms in total. The summed E-state index contributed by atoms with van der Waals surface area (Å²) in [6.45, 7) is 13.1. The highest BCUT2D eigenvalue weighted by Gasteiger charge is 2.37.